The Morgan fingerprint density at radius 2 is 1.28 bits per heavy atom. The van der Waals surface area contributed by atoms with Crippen molar-refractivity contribution in [2.45, 2.75) is 53.8 Å². The molecule has 4 unspecified atom stereocenters. The average molecular weight is 783 g/mol. The van der Waals surface area contributed by atoms with E-state index in [0.29, 0.717) is 6.42 Å². The van der Waals surface area contributed by atoms with Crippen molar-refractivity contribution < 1.29 is 19.1 Å². The molecule has 268 valence electrons. The van der Waals surface area contributed by atoms with E-state index in [-0.39, 0.29) is 23.8 Å². The number of amides is 2. The molecule has 2 aliphatic heterocycles. The molecule has 5 aromatic carbocycles. The van der Waals surface area contributed by atoms with Crippen LogP contribution in [0.25, 0.3) is 0 Å². The second-order valence-corrected chi connectivity index (χ2v) is 24.3. The number of ether oxygens (including phenoxy) is 1. The second-order valence-electron chi connectivity index (χ2n) is 14.0. The Hall–Kier alpha value is -4.93. The zero-order valence-corrected chi connectivity index (χ0v) is 32.8. The number of fused-ring (bicyclic) bond motifs is 1. The van der Waals surface area contributed by atoms with Crippen molar-refractivity contribution in [3.8, 4) is 0 Å². The summed E-state index contributed by atoms with van der Waals surface area (Å²) in [6, 6.07) is 48.8. The SMILES string of the molecule is CC1(C)SC2C(NC(=O)C(N=Cc3ccccc3)c3ccccc3)C(=O)N2C1C(=O)OCC[CH2][Ge]([c]1ccccc1)([c]1ccccc1)[c]1ccccc1. The fourth-order valence-corrected chi connectivity index (χ4v) is 19.4. The van der Waals surface area contributed by atoms with Gasteiger partial charge in [-0.15, -0.1) is 0 Å². The minimum absolute atomic E-state index is 0.251. The van der Waals surface area contributed by atoms with Crippen LogP contribution in [0.4, 0.5) is 0 Å². The van der Waals surface area contributed by atoms with E-state index in [1.54, 1.807) is 11.1 Å². The molecule has 5 aromatic rings. The van der Waals surface area contributed by atoms with E-state index in [4.69, 9.17) is 4.74 Å². The van der Waals surface area contributed by atoms with Crippen LogP contribution in [0.5, 0.6) is 0 Å². The third kappa shape index (κ3) is 7.48. The van der Waals surface area contributed by atoms with Gasteiger partial charge in [0.2, 0.25) is 0 Å². The number of β-lactam (4-membered cyclic amide) rings is 1. The summed E-state index contributed by atoms with van der Waals surface area (Å²) in [5, 5.41) is 3.48. The van der Waals surface area contributed by atoms with E-state index in [2.05, 4.69) is 101 Å². The van der Waals surface area contributed by atoms with Crippen LogP contribution in [0, 0.1) is 0 Å². The number of esters is 1. The number of carbonyl (C=O) groups is 3. The zero-order chi connectivity index (χ0) is 36.8. The number of rotatable bonds is 13. The van der Waals surface area contributed by atoms with Crippen LogP contribution < -0.4 is 18.5 Å². The number of hydrogen-bond acceptors (Lipinski definition) is 6. The van der Waals surface area contributed by atoms with Crippen molar-refractivity contribution >= 4 is 62.2 Å². The average Bonchev–Trinajstić information content (AvgIpc) is 3.46. The standard InChI is InChI=1S/C44H43GeN3O4S/c1-44(2)39(43(51)52-30-18-29-45(34-23-12-5-13-24-34,35-25-14-6-15-26-35)36-27-16-7-17-28-36)48-41(50)38(42(48)53-44)47-40(49)37(33-21-10-4-11-22-33)46-31-32-19-8-3-9-20-32/h3-17,19-28,31,37-39,42H,18,29-30H2,1-2H3,(H,47,49). The van der Waals surface area contributed by atoms with E-state index in [9.17, 15) is 14.4 Å². The summed E-state index contributed by atoms with van der Waals surface area (Å²) in [5.41, 5.74) is 1.59. The quantitative estimate of drug-likeness (QED) is 0.0561. The Kier molecular flexibility index (Phi) is 11.0. The fourth-order valence-electron chi connectivity index (χ4n) is 7.69. The number of thioether (sulfide) groups is 1. The van der Waals surface area contributed by atoms with Crippen molar-refractivity contribution in [1.82, 2.24) is 10.2 Å². The van der Waals surface area contributed by atoms with E-state index in [0.717, 1.165) is 16.4 Å². The monoisotopic (exact) mass is 783 g/mol. The molecule has 0 spiro atoms. The first-order chi connectivity index (χ1) is 25.8. The first-order valence-electron chi connectivity index (χ1n) is 18.1. The van der Waals surface area contributed by atoms with E-state index >= 15 is 0 Å². The molecule has 0 radical (unpaired) electrons. The van der Waals surface area contributed by atoms with Crippen molar-refractivity contribution in [2.75, 3.05) is 6.61 Å². The second kappa shape index (κ2) is 16.0. The first-order valence-corrected chi connectivity index (χ1v) is 23.6. The van der Waals surface area contributed by atoms with Gasteiger partial charge in [-0.3, -0.25) is 4.99 Å². The van der Waals surface area contributed by atoms with Gasteiger partial charge >= 0.3 is 237 Å². The first kappa shape index (κ1) is 36.4. The molecule has 2 fully saturated rings. The van der Waals surface area contributed by atoms with Gasteiger partial charge in [0.15, 0.2) is 0 Å². The van der Waals surface area contributed by atoms with Gasteiger partial charge in [-0.25, -0.2) is 0 Å². The van der Waals surface area contributed by atoms with Gasteiger partial charge in [-0.2, -0.15) is 0 Å². The van der Waals surface area contributed by atoms with Crippen LogP contribution >= 0.6 is 11.8 Å². The maximum absolute atomic E-state index is 13.9. The summed E-state index contributed by atoms with van der Waals surface area (Å²) >= 11 is -1.66. The van der Waals surface area contributed by atoms with Gasteiger partial charge < -0.3 is 0 Å². The van der Waals surface area contributed by atoms with Crippen molar-refractivity contribution in [3.63, 3.8) is 0 Å². The molecule has 0 aromatic heterocycles. The van der Waals surface area contributed by atoms with Gasteiger partial charge in [-0.05, 0) is 11.1 Å². The van der Waals surface area contributed by atoms with Crippen LogP contribution in [-0.4, -0.2) is 71.0 Å². The molecule has 2 aliphatic rings. The van der Waals surface area contributed by atoms with Crippen molar-refractivity contribution in [2.24, 2.45) is 4.99 Å². The van der Waals surface area contributed by atoms with Gasteiger partial charge in [-0.1, -0.05) is 60.7 Å². The maximum atomic E-state index is 13.9. The van der Waals surface area contributed by atoms with Crippen LogP contribution in [0.3, 0.4) is 0 Å². The summed E-state index contributed by atoms with van der Waals surface area (Å²) in [6.45, 7) is 4.18. The van der Waals surface area contributed by atoms with Gasteiger partial charge in [0, 0.05) is 6.21 Å². The van der Waals surface area contributed by atoms with Crippen LogP contribution in [-0.2, 0) is 19.1 Å². The Balaban J connectivity index is 1.04. The number of aliphatic imine (C=N–C) groups is 1. The Morgan fingerprint density at radius 1 is 0.792 bits per heavy atom. The predicted molar refractivity (Wildman–Crippen MR) is 216 cm³/mol. The normalized spacial score (nSPS) is 19.6. The third-order valence-electron chi connectivity index (χ3n) is 10.2. The van der Waals surface area contributed by atoms with Crippen LogP contribution in [0.2, 0.25) is 5.25 Å². The molecule has 53 heavy (non-hydrogen) atoms. The minimum atomic E-state index is -3.18. The molecular formula is C44H43GeN3O4S. The molecule has 9 heteroatoms. The zero-order valence-electron chi connectivity index (χ0n) is 29.9. The van der Waals surface area contributed by atoms with E-state index in [1.165, 1.54) is 24.9 Å². The summed E-state index contributed by atoms with van der Waals surface area (Å²) in [5.74, 6) is -1.06. The Bertz CT molecular complexity index is 1950. The molecule has 0 saturated carbocycles. The molecule has 2 amide bonds. The summed E-state index contributed by atoms with van der Waals surface area (Å²) < 4.78 is 9.48. The number of hydrogen-bond donors (Lipinski definition) is 1. The Morgan fingerprint density at radius 3 is 1.81 bits per heavy atom. The van der Waals surface area contributed by atoms with E-state index in [1.807, 2.05) is 74.5 Å². The van der Waals surface area contributed by atoms with Crippen LogP contribution in [0.15, 0.2) is 157 Å². The van der Waals surface area contributed by atoms with Crippen LogP contribution in [0.1, 0.15) is 37.4 Å². The predicted octanol–water partition coefficient (Wildman–Crippen LogP) is 5.50. The number of benzene rings is 5. The van der Waals surface area contributed by atoms with E-state index < -0.39 is 42.1 Å². The molecule has 7 rings (SSSR count). The summed E-state index contributed by atoms with van der Waals surface area (Å²) in [6.07, 6.45) is 2.36. The van der Waals surface area contributed by atoms with Gasteiger partial charge in [0.1, 0.15) is 0 Å². The molecule has 7 nitrogen and oxygen atoms in total. The third-order valence-corrected chi connectivity index (χ3v) is 22.4. The van der Waals surface area contributed by atoms with Gasteiger partial charge in [0.25, 0.3) is 0 Å². The number of carbonyl (C=O) groups excluding carboxylic acids is 3. The molecule has 2 heterocycles. The number of nitrogens with one attached hydrogen (secondary N) is 1. The Labute approximate surface area is 318 Å². The summed E-state index contributed by atoms with van der Waals surface area (Å²) in [7, 11) is 0. The molecule has 0 aliphatic carbocycles. The van der Waals surface area contributed by atoms with Gasteiger partial charge in [0.05, 0.1) is 0 Å². The number of nitrogens with zero attached hydrogens (tertiary/aromatic N) is 2. The molecule has 4 atom stereocenters. The molecule has 1 N–H and O–H groups in total. The summed E-state index contributed by atoms with van der Waals surface area (Å²) in [4.78, 5) is 47.5. The van der Waals surface area contributed by atoms with Crippen molar-refractivity contribution in [1.29, 1.82) is 0 Å². The van der Waals surface area contributed by atoms with Crippen molar-refractivity contribution in [3.05, 3.63) is 163 Å². The topological polar surface area (TPSA) is 88.1 Å². The fraction of sp³-hybridized carbons (Fsp3) is 0.227. The molecular weight excluding hydrogens is 739 g/mol. The molecule has 2 saturated heterocycles. The molecule has 0 bridgehead atoms.